The zero-order valence-corrected chi connectivity index (χ0v) is 18.3. The second-order valence-corrected chi connectivity index (χ2v) is 10.8. The van der Waals surface area contributed by atoms with Crippen molar-refractivity contribution in [1.29, 1.82) is 0 Å². The minimum atomic E-state index is -0.0261. The van der Waals surface area contributed by atoms with E-state index in [0.717, 1.165) is 29.8 Å². The molecule has 2 atom stereocenters. The smallest absolute Gasteiger partial charge is 0.216 e. The van der Waals surface area contributed by atoms with E-state index in [1.165, 1.54) is 12.8 Å². The van der Waals surface area contributed by atoms with Crippen molar-refractivity contribution in [3.8, 4) is 5.88 Å². The van der Waals surface area contributed by atoms with Crippen molar-refractivity contribution in [2.45, 2.75) is 44.4 Å². The summed E-state index contributed by atoms with van der Waals surface area (Å²) >= 11 is 3.42. The minimum absolute atomic E-state index is 0.0261. The summed E-state index contributed by atoms with van der Waals surface area (Å²) in [4.78, 5) is 6.97. The number of likely N-dealkylation sites (tertiary alicyclic amines) is 1. The monoisotopic (exact) mass is 443 g/mol. The van der Waals surface area contributed by atoms with Gasteiger partial charge in [0.1, 0.15) is 30.6 Å². The van der Waals surface area contributed by atoms with E-state index in [4.69, 9.17) is 8.92 Å². The first kappa shape index (κ1) is 19.9. The molecule has 1 aliphatic rings. The fraction of sp³-hybridized carbons (Fsp3) is 0.667. The van der Waals surface area contributed by atoms with Gasteiger partial charge in [0, 0.05) is 24.8 Å². The number of nitrogens with zero attached hydrogens (tertiary/aromatic N) is 4. The molecule has 6 nitrogen and oxygen atoms in total. The van der Waals surface area contributed by atoms with Crippen LogP contribution in [0.5, 0.6) is 5.88 Å². The summed E-state index contributed by atoms with van der Waals surface area (Å²) in [6.07, 6.45) is 8.23. The fourth-order valence-corrected chi connectivity index (χ4v) is 3.98. The van der Waals surface area contributed by atoms with Gasteiger partial charge in [-0.3, -0.25) is 4.90 Å². The van der Waals surface area contributed by atoms with E-state index in [-0.39, 0.29) is 15.9 Å². The van der Waals surface area contributed by atoms with Crippen LogP contribution in [0.2, 0.25) is 0 Å². The first-order valence-electron chi connectivity index (χ1n) is 9.00. The van der Waals surface area contributed by atoms with Gasteiger partial charge in [0.05, 0.1) is 10.7 Å². The number of halogens is 1. The predicted octanol–water partition coefficient (Wildman–Crippen LogP) is 3.31. The minimum Gasteiger partial charge on any atom is -0.476 e. The highest BCUT2D eigenvalue weighted by molar-refractivity contribution is 9.10. The SMILES string of the molecule is C[S+](OC[C@@H]1CCCN1CCOc1ccn2ncc(Br)c2n1)C(C)(C)C. The summed E-state index contributed by atoms with van der Waals surface area (Å²) in [5.41, 5.74) is 0.770. The van der Waals surface area contributed by atoms with Crippen LogP contribution in [0.15, 0.2) is 22.9 Å². The van der Waals surface area contributed by atoms with Crippen LogP contribution in [0.25, 0.3) is 5.65 Å². The Morgan fingerprint density at radius 3 is 2.96 bits per heavy atom. The summed E-state index contributed by atoms with van der Waals surface area (Å²) in [7, 11) is 0. The van der Waals surface area contributed by atoms with Gasteiger partial charge >= 0.3 is 0 Å². The van der Waals surface area contributed by atoms with Crippen molar-refractivity contribution >= 4 is 32.8 Å². The van der Waals surface area contributed by atoms with Crippen LogP contribution in [0, 0.1) is 0 Å². The molecule has 0 bridgehead atoms. The van der Waals surface area contributed by atoms with E-state index >= 15 is 0 Å². The summed E-state index contributed by atoms with van der Waals surface area (Å²) in [6.45, 7) is 10.2. The molecule has 2 aromatic heterocycles. The first-order valence-corrected chi connectivity index (χ1v) is 11.4. The molecule has 0 aromatic carbocycles. The number of hydrogen-bond acceptors (Lipinski definition) is 5. The van der Waals surface area contributed by atoms with Crippen molar-refractivity contribution in [3.05, 3.63) is 22.9 Å². The molecule has 0 aliphatic carbocycles. The molecule has 0 radical (unpaired) electrons. The molecule has 2 aromatic rings. The number of hydrogen-bond donors (Lipinski definition) is 0. The molecular formula is C18H28BrN4O2S+. The van der Waals surface area contributed by atoms with E-state index in [9.17, 15) is 0 Å². The predicted molar refractivity (Wildman–Crippen MR) is 110 cm³/mol. The maximum absolute atomic E-state index is 6.16. The zero-order valence-electron chi connectivity index (χ0n) is 15.9. The van der Waals surface area contributed by atoms with Gasteiger partial charge in [-0.25, -0.2) is 4.52 Å². The largest absolute Gasteiger partial charge is 0.476 e. The molecule has 1 unspecified atom stereocenters. The third-order valence-corrected chi connectivity index (χ3v) is 7.50. The maximum atomic E-state index is 6.16. The Morgan fingerprint density at radius 2 is 2.19 bits per heavy atom. The van der Waals surface area contributed by atoms with Gasteiger partial charge in [-0.2, -0.15) is 14.3 Å². The Balaban J connectivity index is 1.47. The van der Waals surface area contributed by atoms with E-state index in [2.05, 4.69) is 57.9 Å². The Bertz CT molecular complexity index is 734. The van der Waals surface area contributed by atoms with Crippen molar-refractivity contribution in [3.63, 3.8) is 0 Å². The van der Waals surface area contributed by atoms with Crippen LogP contribution in [-0.4, -0.2) is 62.8 Å². The van der Waals surface area contributed by atoms with Gasteiger partial charge in [0.25, 0.3) is 0 Å². The van der Waals surface area contributed by atoms with Gasteiger partial charge < -0.3 is 4.74 Å². The van der Waals surface area contributed by atoms with Crippen molar-refractivity contribution in [1.82, 2.24) is 19.5 Å². The summed E-state index contributed by atoms with van der Waals surface area (Å²) in [6, 6.07) is 2.35. The molecule has 144 valence electrons. The van der Waals surface area contributed by atoms with Crippen LogP contribution in [-0.2, 0) is 15.4 Å². The molecule has 8 heteroatoms. The van der Waals surface area contributed by atoms with E-state index in [0.29, 0.717) is 18.5 Å². The van der Waals surface area contributed by atoms with Crippen LogP contribution in [0.3, 0.4) is 0 Å². The number of aromatic nitrogens is 3. The van der Waals surface area contributed by atoms with Crippen LogP contribution in [0.4, 0.5) is 0 Å². The maximum Gasteiger partial charge on any atom is 0.216 e. The quantitative estimate of drug-likeness (QED) is 0.614. The molecule has 3 heterocycles. The van der Waals surface area contributed by atoms with E-state index in [1.54, 1.807) is 10.7 Å². The molecule has 26 heavy (non-hydrogen) atoms. The van der Waals surface area contributed by atoms with Crippen LogP contribution < -0.4 is 4.74 Å². The molecule has 1 fully saturated rings. The molecule has 1 aliphatic heterocycles. The average molecular weight is 444 g/mol. The molecule has 0 amide bonds. The Hall–Kier alpha value is -0.830. The van der Waals surface area contributed by atoms with E-state index in [1.807, 2.05) is 12.3 Å². The topological polar surface area (TPSA) is 51.9 Å². The molecule has 0 N–H and O–H groups in total. The highest BCUT2D eigenvalue weighted by Crippen LogP contribution is 2.22. The Kier molecular flexibility index (Phi) is 6.48. The van der Waals surface area contributed by atoms with Crippen molar-refractivity contribution < 1.29 is 8.92 Å². The summed E-state index contributed by atoms with van der Waals surface area (Å²) in [5.74, 6) is 0.633. The molecule has 1 saturated heterocycles. The van der Waals surface area contributed by atoms with Gasteiger partial charge in [0.15, 0.2) is 10.4 Å². The molecule has 0 saturated carbocycles. The Labute approximate surface area is 166 Å². The lowest BCUT2D eigenvalue weighted by Gasteiger charge is -2.24. The summed E-state index contributed by atoms with van der Waals surface area (Å²) < 4.78 is 14.8. The van der Waals surface area contributed by atoms with Crippen molar-refractivity contribution in [2.24, 2.45) is 0 Å². The third-order valence-electron chi connectivity index (χ3n) is 4.73. The average Bonchev–Trinajstić information content (AvgIpc) is 3.19. The lowest BCUT2D eigenvalue weighted by Crippen LogP contribution is -2.38. The third kappa shape index (κ3) is 4.91. The van der Waals surface area contributed by atoms with Gasteiger partial charge in [-0.15, -0.1) is 0 Å². The number of fused-ring (bicyclic) bond motifs is 1. The second-order valence-electron chi connectivity index (χ2n) is 7.56. The zero-order chi connectivity index (χ0) is 18.7. The normalized spacial score (nSPS) is 20.0. The van der Waals surface area contributed by atoms with Crippen LogP contribution in [0.1, 0.15) is 33.6 Å². The van der Waals surface area contributed by atoms with Gasteiger partial charge in [0.2, 0.25) is 5.88 Å². The van der Waals surface area contributed by atoms with E-state index < -0.39 is 0 Å². The fourth-order valence-electron chi connectivity index (χ4n) is 2.91. The standard InChI is InChI=1S/C18H28BrN4O2S/c1-18(2,3)26(4)25-13-14-6-5-8-22(14)10-11-24-16-7-9-23-17(21-16)15(19)12-20-23/h7,9,12,14H,5-6,8,10-11,13H2,1-4H3/q+1/t14-,26?/m0/s1. The second kappa shape index (κ2) is 8.46. The Morgan fingerprint density at radius 1 is 1.38 bits per heavy atom. The van der Waals surface area contributed by atoms with Gasteiger partial charge in [-0.05, 0) is 56.1 Å². The van der Waals surface area contributed by atoms with Crippen LogP contribution >= 0.6 is 15.9 Å². The lowest BCUT2D eigenvalue weighted by atomic mass is 10.2. The summed E-state index contributed by atoms with van der Waals surface area (Å²) in [5, 5.41) is 4.19. The van der Waals surface area contributed by atoms with Crippen molar-refractivity contribution in [2.75, 3.05) is 32.6 Å². The highest BCUT2D eigenvalue weighted by atomic mass is 79.9. The first-order chi connectivity index (χ1) is 12.3. The van der Waals surface area contributed by atoms with Gasteiger partial charge in [-0.1, -0.05) is 0 Å². The molecular weight excluding hydrogens is 416 g/mol. The number of ether oxygens (including phenoxy) is 1. The molecule has 0 spiro atoms. The molecule has 3 rings (SSSR count). The number of rotatable bonds is 7. The highest BCUT2D eigenvalue weighted by Gasteiger charge is 2.34. The lowest BCUT2D eigenvalue weighted by molar-refractivity contribution is 0.155.